The lowest BCUT2D eigenvalue weighted by atomic mass is 10.2. The molecule has 0 fully saturated rings. The van der Waals surface area contributed by atoms with Crippen LogP contribution in [0.25, 0.3) is 0 Å². The molecule has 0 unspecified atom stereocenters. The van der Waals surface area contributed by atoms with Crippen molar-refractivity contribution in [3.05, 3.63) is 52.3 Å². The minimum Gasteiger partial charge on any atom is -0.503 e. The number of benzene rings is 2. The summed E-state index contributed by atoms with van der Waals surface area (Å²) in [7, 11) is 1.39. The number of hydrogen-bond donors (Lipinski definition) is 3. The molecule has 0 aliphatic heterocycles. The van der Waals surface area contributed by atoms with E-state index in [9.17, 15) is 19.1 Å². The highest BCUT2D eigenvalue weighted by Gasteiger charge is 2.13. The van der Waals surface area contributed by atoms with Crippen LogP contribution in [0.5, 0.6) is 11.5 Å². The summed E-state index contributed by atoms with van der Waals surface area (Å²) in [4.78, 5) is 23.4. The molecule has 2 amide bonds. The minimum atomic E-state index is -0.995. The maximum Gasteiger partial charge on any atom is 0.329 e. The van der Waals surface area contributed by atoms with Crippen molar-refractivity contribution < 1.29 is 23.8 Å². The zero-order valence-electron chi connectivity index (χ0n) is 12.9. The molecular weight excluding hydrogens is 397 g/mol. The third-order valence-corrected chi connectivity index (χ3v) is 3.56. The van der Waals surface area contributed by atoms with E-state index in [1.54, 1.807) is 6.07 Å². The molecule has 2 rings (SSSR count). The number of halogens is 2. The Kier molecular flexibility index (Phi) is 6.07. The van der Waals surface area contributed by atoms with Crippen molar-refractivity contribution in [3.63, 3.8) is 0 Å². The summed E-state index contributed by atoms with van der Waals surface area (Å²) < 4.78 is 18.1. The first-order chi connectivity index (χ1) is 11.9. The molecule has 0 spiro atoms. The number of hydrazone groups is 1. The summed E-state index contributed by atoms with van der Waals surface area (Å²) in [5.74, 6) is -2.25. The summed E-state index contributed by atoms with van der Waals surface area (Å²) in [6.07, 6.45) is 1.27. The van der Waals surface area contributed by atoms with Gasteiger partial charge in [0.15, 0.2) is 11.5 Å². The maximum absolute atomic E-state index is 12.8. The molecule has 0 saturated carbocycles. The van der Waals surface area contributed by atoms with Crippen molar-refractivity contribution in [2.24, 2.45) is 5.10 Å². The lowest BCUT2D eigenvalue weighted by Crippen LogP contribution is -2.32. The van der Waals surface area contributed by atoms with Gasteiger partial charge in [-0.15, -0.1) is 0 Å². The van der Waals surface area contributed by atoms with E-state index in [1.165, 1.54) is 31.5 Å². The standard InChI is InChI=1S/C16H13BrFN3O4/c1-25-13-7-9(6-12(17)14(13)22)8-19-21-16(24)15(23)20-11-4-2-10(18)3-5-11/h2-8,22H,1H3,(H,20,23)(H,21,24)/b19-8+. The van der Waals surface area contributed by atoms with Gasteiger partial charge in [-0.2, -0.15) is 5.10 Å². The lowest BCUT2D eigenvalue weighted by Gasteiger charge is -2.06. The largest absolute Gasteiger partial charge is 0.503 e. The molecule has 130 valence electrons. The molecule has 0 aliphatic carbocycles. The number of nitrogens with zero attached hydrogens (tertiary/aromatic N) is 1. The van der Waals surface area contributed by atoms with Crippen molar-refractivity contribution in [3.8, 4) is 11.5 Å². The van der Waals surface area contributed by atoms with Gasteiger partial charge in [-0.1, -0.05) is 0 Å². The predicted octanol–water partition coefficient (Wildman–Crippen LogP) is 2.39. The number of anilines is 1. The molecule has 25 heavy (non-hydrogen) atoms. The van der Waals surface area contributed by atoms with Crippen molar-refractivity contribution >= 4 is 39.6 Å². The van der Waals surface area contributed by atoms with Crippen LogP contribution in [-0.2, 0) is 9.59 Å². The fraction of sp³-hybridized carbons (Fsp3) is 0.0625. The number of phenolic OH excluding ortho intramolecular Hbond substituents is 1. The third-order valence-electron chi connectivity index (χ3n) is 2.96. The molecule has 0 saturated heterocycles. The van der Waals surface area contributed by atoms with Crippen LogP contribution in [0.3, 0.4) is 0 Å². The number of carbonyl (C=O) groups is 2. The first kappa shape index (κ1) is 18.4. The molecular formula is C16H13BrFN3O4. The number of methoxy groups -OCH3 is 1. The molecule has 3 N–H and O–H groups in total. The zero-order valence-corrected chi connectivity index (χ0v) is 14.5. The van der Waals surface area contributed by atoms with E-state index in [2.05, 4.69) is 31.8 Å². The topological polar surface area (TPSA) is 100 Å². The van der Waals surface area contributed by atoms with Crippen LogP contribution >= 0.6 is 15.9 Å². The second-order valence-corrected chi connectivity index (χ2v) is 5.57. The van der Waals surface area contributed by atoms with Gasteiger partial charge in [0.2, 0.25) is 0 Å². The van der Waals surface area contributed by atoms with E-state index in [0.29, 0.717) is 10.0 Å². The Labute approximate surface area is 150 Å². The average Bonchev–Trinajstić information content (AvgIpc) is 2.59. The predicted molar refractivity (Wildman–Crippen MR) is 93.1 cm³/mol. The van der Waals surface area contributed by atoms with Crippen molar-refractivity contribution in [1.29, 1.82) is 0 Å². The Morgan fingerprint density at radius 2 is 1.92 bits per heavy atom. The molecule has 0 atom stereocenters. The maximum atomic E-state index is 12.8. The lowest BCUT2D eigenvalue weighted by molar-refractivity contribution is -0.136. The number of amides is 2. The Bertz CT molecular complexity index is 825. The first-order valence-corrected chi connectivity index (χ1v) is 7.66. The fourth-order valence-corrected chi connectivity index (χ4v) is 2.22. The van der Waals surface area contributed by atoms with E-state index < -0.39 is 17.6 Å². The highest BCUT2D eigenvalue weighted by atomic mass is 79.9. The molecule has 2 aromatic rings. The quantitative estimate of drug-likeness (QED) is 0.410. The van der Waals surface area contributed by atoms with Crippen molar-refractivity contribution in [2.45, 2.75) is 0 Å². The van der Waals surface area contributed by atoms with Crippen LogP contribution in [0.4, 0.5) is 10.1 Å². The van der Waals surface area contributed by atoms with Crippen molar-refractivity contribution in [2.75, 3.05) is 12.4 Å². The van der Waals surface area contributed by atoms with Crippen LogP contribution in [0, 0.1) is 5.82 Å². The molecule has 0 heterocycles. The number of rotatable bonds is 4. The molecule has 9 heteroatoms. The smallest absolute Gasteiger partial charge is 0.329 e. The Hall–Kier alpha value is -2.94. The summed E-state index contributed by atoms with van der Waals surface area (Å²) in [6.45, 7) is 0. The van der Waals surface area contributed by atoms with Gasteiger partial charge in [-0.3, -0.25) is 9.59 Å². The van der Waals surface area contributed by atoms with Crippen LogP contribution < -0.4 is 15.5 Å². The average molecular weight is 410 g/mol. The second kappa shape index (κ2) is 8.25. The number of ether oxygens (including phenoxy) is 1. The monoisotopic (exact) mass is 409 g/mol. The van der Waals surface area contributed by atoms with Gasteiger partial charge in [0.25, 0.3) is 0 Å². The summed E-state index contributed by atoms with van der Waals surface area (Å²) in [5, 5.41) is 15.7. The molecule has 7 nitrogen and oxygen atoms in total. The number of phenols is 1. The number of nitrogens with one attached hydrogen (secondary N) is 2. The van der Waals surface area contributed by atoms with E-state index in [-0.39, 0.29) is 17.2 Å². The minimum absolute atomic E-state index is 0.0673. The van der Waals surface area contributed by atoms with Gasteiger partial charge in [0.1, 0.15) is 5.82 Å². The summed E-state index contributed by atoms with van der Waals surface area (Å²) >= 11 is 3.15. The highest BCUT2D eigenvalue weighted by Crippen LogP contribution is 2.34. The van der Waals surface area contributed by atoms with Gasteiger partial charge < -0.3 is 15.2 Å². The third kappa shape index (κ3) is 5.01. The number of aromatic hydroxyl groups is 1. The summed E-state index contributed by atoms with van der Waals surface area (Å²) in [5.41, 5.74) is 2.85. The van der Waals surface area contributed by atoms with Crippen LogP contribution in [-0.4, -0.2) is 30.2 Å². The SMILES string of the molecule is COc1cc(/C=N/NC(=O)C(=O)Nc2ccc(F)cc2)cc(Br)c1O. The Balaban J connectivity index is 1.97. The van der Waals surface area contributed by atoms with Crippen molar-refractivity contribution in [1.82, 2.24) is 5.43 Å². The first-order valence-electron chi connectivity index (χ1n) is 6.87. The highest BCUT2D eigenvalue weighted by molar-refractivity contribution is 9.10. The fourth-order valence-electron chi connectivity index (χ4n) is 1.76. The van der Waals surface area contributed by atoms with E-state index in [0.717, 1.165) is 12.1 Å². The van der Waals surface area contributed by atoms with Crippen LogP contribution in [0.1, 0.15) is 5.56 Å². The molecule has 0 bridgehead atoms. The Morgan fingerprint density at radius 3 is 2.56 bits per heavy atom. The van der Waals surface area contributed by atoms with Crippen LogP contribution in [0.15, 0.2) is 46.0 Å². The van der Waals surface area contributed by atoms with E-state index >= 15 is 0 Å². The molecule has 0 aromatic heterocycles. The molecule has 0 aliphatic rings. The van der Waals surface area contributed by atoms with Gasteiger partial charge >= 0.3 is 11.8 Å². The molecule has 2 aromatic carbocycles. The van der Waals surface area contributed by atoms with Crippen LogP contribution in [0.2, 0.25) is 0 Å². The summed E-state index contributed by atoms with van der Waals surface area (Å²) in [6, 6.07) is 8.00. The zero-order chi connectivity index (χ0) is 18.4. The second-order valence-electron chi connectivity index (χ2n) is 4.71. The normalized spacial score (nSPS) is 10.5. The Morgan fingerprint density at radius 1 is 1.24 bits per heavy atom. The van der Waals surface area contributed by atoms with E-state index in [4.69, 9.17) is 4.74 Å². The number of carbonyl (C=O) groups excluding carboxylic acids is 2. The van der Waals surface area contributed by atoms with Gasteiger partial charge in [0.05, 0.1) is 17.8 Å². The number of hydrogen-bond acceptors (Lipinski definition) is 5. The van der Waals surface area contributed by atoms with E-state index in [1.807, 2.05) is 0 Å². The van der Waals surface area contributed by atoms with Gasteiger partial charge in [0, 0.05) is 5.69 Å². The van der Waals surface area contributed by atoms with Gasteiger partial charge in [-0.05, 0) is 57.9 Å². The molecule has 0 radical (unpaired) electrons. The van der Waals surface area contributed by atoms with Gasteiger partial charge in [-0.25, -0.2) is 9.82 Å².